The van der Waals surface area contributed by atoms with E-state index in [1.807, 2.05) is 42.5 Å². The number of hydrogen-bond acceptors (Lipinski definition) is 7. The van der Waals surface area contributed by atoms with Crippen LogP contribution in [0.2, 0.25) is 0 Å². The molecule has 0 saturated carbocycles. The van der Waals surface area contributed by atoms with Crippen LogP contribution in [0.5, 0.6) is 6.01 Å². The summed E-state index contributed by atoms with van der Waals surface area (Å²) in [7, 11) is 0. The van der Waals surface area contributed by atoms with Gasteiger partial charge >= 0.3 is 12.0 Å². The Hall–Kier alpha value is -4.25. The van der Waals surface area contributed by atoms with Crippen LogP contribution in [-0.2, 0) is 16.0 Å². The number of nitriles is 1. The molecular formula is C28H29N5O3. The Morgan fingerprint density at radius 3 is 2.61 bits per heavy atom. The molecule has 4 aromatic rings. The second kappa shape index (κ2) is 11.5. The largest absolute Gasteiger partial charge is 0.462 e. The Labute approximate surface area is 210 Å². The molecule has 0 bridgehead atoms. The molecule has 1 atom stereocenters. The average Bonchev–Trinajstić information content (AvgIpc) is 3.32. The third kappa shape index (κ3) is 5.69. The zero-order valence-electron chi connectivity index (χ0n) is 20.8. The van der Waals surface area contributed by atoms with Crippen LogP contribution in [0.25, 0.3) is 16.8 Å². The van der Waals surface area contributed by atoms with Crippen molar-refractivity contribution in [2.45, 2.75) is 46.0 Å². The number of carbonyl (C=O) groups is 1. The van der Waals surface area contributed by atoms with E-state index in [9.17, 15) is 10.1 Å². The Morgan fingerprint density at radius 2 is 1.89 bits per heavy atom. The van der Waals surface area contributed by atoms with Crippen molar-refractivity contribution >= 4 is 11.6 Å². The summed E-state index contributed by atoms with van der Waals surface area (Å²) in [5, 5.41) is 14.0. The van der Waals surface area contributed by atoms with Gasteiger partial charge in [-0.2, -0.15) is 14.8 Å². The normalized spacial score (nSPS) is 11.7. The predicted molar refractivity (Wildman–Crippen MR) is 136 cm³/mol. The maximum Gasteiger partial charge on any atom is 0.336 e. The lowest BCUT2D eigenvalue weighted by molar-refractivity contribution is -0.141. The van der Waals surface area contributed by atoms with Gasteiger partial charge < -0.3 is 9.47 Å². The van der Waals surface area contributed by atoms with Crippen LogP contribution in [0, 0.1) is 11.3 Å². The lowest BCUT2D eigenvalue weighted by Gasteiger charge is -2.15. The van der Waals surface area contributed by atoms with E-state index in [0.717, 1.165) is 47.5 Å². The SMILES string of the molecule is CCCCc1cc2nc(OCCOC(C)=O)nn2c(C(C)c2ccc(-c3ccccc3C#N)cc2)n1. The molecule has 8 heteroatoms. The van der Waals surface area contributed by atoms with Crippen molar-refractivity contribution in [3.8, 4) is 23.2 Å². The summed E-state index contributed by atoms with van der Waals surface area (Å²) >= 11 is 0. The average molecular weight is 484 g/mol. The van der Waals surface area contributed by atoms with Crippen LogP contribution in [0.15, 0.2) is 54.6 Å². The highest BCUT2D eigenvalue weighted by Gasteiger charge is 2.19. The summed E-state index contributed by atoms with van der Waals surface area (Å²) in [4.78, 5) is 20.4. The number of ether oxygens (including phenoxy) is 2. The van der Waals surface area contributed by atoms with Gasteiger partial charge in [0.05, 0.1) is 11.6 Å². The molecule has 0 fully saturated rings. The smallest absolute Gasteiger partial charge is 0.336 e. The number of nitrogens with zero attached hydrogens (tertiary/aromatic N) is 5. The number of fused-ring (bicyclic) bond motifs is 1. The molecule has 0 radical (unpaired) electrons. The van der Waals surface area contributed by atoms with Gasteiger partial charge in [-0.15, -0.1) is 5.10 Å². The van der Waals surface area contributed by atoms with Crippen LogP contribution in [0.4, 0.5) is 0 Å². The first-order valence-corrected chi connectivity index (χ1v) is 12.1. The molecule has 0 saturated heterocycles. The van der Waals surface area contributed by atoms with Crippen LogP contribution in [0.1, 0.15) is 62.2 Å². The van der Waals surface area contributed by atoms with Crippen molar-refractivity contribution in [2.24, 2.45) is 0 Å². The van der Waals surface area contributed by atoms with Crippen molar-refractivity contribution in [1.82, 2.24) is 19.6 Å². The van der Waals surface area contributed by atoms with Gasteiger partial charge in [0.2, 0.25) is 0 Å². The standard InChI is InChI=1S/C28H29N5O3/c1-4-5-9-24-17-26-31-28(36-16-15-35-20(3)34)32-33(26)27(30-24)19(2)21-11-13-22(14-12-21)25-10-7-6-8-23(25)18-29/h6-8,10-14,17,19H,4-5,9,15-16H2,1-3H3. The third-order valence-corrected chi connectivity index (χ3v) is 5.95. The number of carbonyl (C=O) groups excluding carboxylic acids is 1. The van der Waals surface area contributed by atoms with Crippen molar-refractivity contribution < 1.29 is 14.3 Å². The Bertz CT molecular complexity index is 1390. The second-order valence-electron chi connectivity index (χ2n) is 8.56. The first kappa shape index (κ1) is 24.9. The maximum absolute atomic E-state index is 11.0. The molecule has 0 aliphatic carbocycles. The molecule has 0 N–H and O–H groups in total. The number of unbranched alkanes of at least 4 members (excludes halogenated alkanes) is 1. The minimum Gasteiger partial charge on any atom is -0.462 e. The van der Waals surface area contributed by atoms with Crippen molar-refractivity contribution in [2.75, 3.05) is 13.2 Å². The monoisotopic (exact) mass is 483 g/mol. The fourth-order valence-corrected chi connectivity index (χ4v) is 4.02. The van der Waals surface area contributed by atoms with Crippen LogP contribution in [0.3, 0.4) is 0 Å². The lowest BCUT2D eigenvalue weighted by atomic mass is 9.95. The van der Waals surface area contributed by atoms with E-state index in [0.29, 0.717) is 11.2 Å². The highest BCUT2D eigenvalue weighted by molar-refractivity contribution is 5.70. The molecule has 36 heavy (non-hydrogen) atoms. The Kier molecular flexibility index (Phi) is 7.91. The summed E-state index contributed by atoms with van der Waals surface area (Å²) in [5.41, 5.74) is 5.25. The molecule has 2 heterocycles. The third-order valence-electron chi connectivity index (χ3n) is 5.95. The van der Waals surface area contributed by atoms with E-state index >= 15 is 0 Å². The van der Waals surface area contributed by atoms with Crippen molar-refractivity contribution in [1.29, 1.82) is 5.26 Å². The zero-order chi connectivity index (χ0) is 25.5. The second-order valence-corrected chi connectivity index (χ2v) is 8.56. The highest BCUT2D eigenvalue weighted by atomic mass is 16.6. The summed E-state index contributed by atoms with van der Waals surface area (Å²) in [5.74, 6) is 0.348. The van der Waals surface area contributed by atoms with Gasteiger partial charge in [-0.1, -0.05) is 62.7 Å². The van der Waals surface area contributed by atoms with Gasteiger partial charge in [-0.05, 0) is 35.6 Å². The summed E-state index contributed by atoms with van der Waals surface area (Å²) in [6.07, 6.45) is 2.95. The molecule has 4 rings (SSSR count). The molecule has 0 amide bonds. The van der Waals surface area contributed by atoms with E-state index in [-0.39, 0.29) is 31.1 Å². The fraction of sp³-hybridized carbons (Fsp3) is 0.321. The van der Waals surface area contributed by atoms with Gasteiger partial charge in [-0.3, -0.25) is 4.79 Å². The van der Waals surface area contributed by atoms with Gasteiger partial charge in [0.15, 0.2) is 5.65 Å². The zero-order valence-corrected chi connectivity index (χ0v) is 20.8. The summed E-state index contributed by atoms with van der Waals surface area (Å²) in [6, 6.07) is 20.2. The highest BCUT2D eigenvalue weighted by Crippen LogP contribution is 2.29. The van der Waals surface area contributed by atoms with Crippen LogP contribution < -0.4 is 4.74 Å². The molecule has 0 aliphatic heterocycles. The van der Waals surface area contributed by atoms with E-state index in [1.165, 1.54) is 6.92 Å². The van der Waals surface area contributed by atoms with Crippen LogP contribution in [-0.4, -0.2) is 38.8 Å². The van der Waals surface area contributed by atoms with Gasteiger partial charge in [-0.25, -0.2) is 4.98 Å². The summed E-state index contributed by atoms with van der Waals surface area (Å²) < 4.78 is 12.3. The minimum atomic E-state index is -0.357. The number of hydrogen-bond donors (Lipinski definition) is 0. The topological polar surface area (TPSA) is 102 Å². The van der Waals surface area contributed by atoms with Crippen LogP contribution >= 0.6 is 0 Å². The number of esters is 1. The molecule has 8 nitrogen and oxygen atoms in total. The number of aryl methyl sites for hydroxylation is 1. The van der Waals surface area contributed by atoms with E-state index in [1.54, 1.807) is 4.52 Å². The molecule has 2 aromatic heterocycles. The molecular weight excluding hydrogens is 454 g/mol. The quantitative estimate of drug-likeness (QED) is 0.228. The molecule has 2 aromatic carbocycles. The summed E-state index contributed by atoms with van der Waals surface area (Å²) in [6.45, 7) is 5.90. The predicted octanol–water partition coefficient (Wildman–Crippen LogP) is 5.10. The number of rotatable bonds is 10. The lowest BCUT2D eigenvalue weighted by Crippen LogP contribution is -2.11. The van der Waals surface area contributed by atoms with Gasteiger partial charge in [0.1, 0.15) is 19.0 Å². The van der Waals surface area contributed by atoms with E-state index < -0.39 is 0 Å². The van der Waals surface area contributed by atoms with Crippen molar-refractivity contribution in [3.63, 3.8) is 0 Å². The molecule has 184 valence electrons. The number of benzene rings is 2. The van der Waals surface area contributed by atoms with Gasteiger partial charge in [0.25, 0.3) is 0 Å². The minimum absolute atomic E-state index is 0.0649. The molecule has 1 unspecified atom stereocenters. The maximum atomic E-state index is 11.0. The first-order valence-electron chi connectivity index (χ1n) is 12.1. The Morgan fingerprint density at radius 1 is 1.11 bits per heavy atom. The van der Waals surface area contributed by atoms with Crippen molar-refractivity contribution in [3.05, 3.63) is 77.2 Å². The Balaban J connectivity index is 1.64. The van der Waals surface area contributed by atoms with E-state index in [4.69, 9.17) is 14.5 Å². The molecule has 0 aliphatic rings. The van der Waals surface area contributed by atoms with Gasteiger partial charge in [0, 0.05) is 24.6 Å². The number of aromatic nitrogens is 4. The van der Waals surface area contributed by atoms with E-state index in [2.05, 4.69) is 42.1 Å². The fourth-order valence-electron chi connectivity index (χ4n) is 4.02. The molecule has 0 spiro atoms. The first-order chi connectivity index (χ1) is 17.5.